The molecule has 2 nitrogen and oxygen atoms in total. The van der Waals surface area contributed by atoms with E-state index < -0.39 is 0 Å². The number of fused-ring (bicyclic) bond motifs is 5. The van der Waals surface area contributed by atoms with Crippen molar-refractivity contribution in [2.24, 2.45) is 0 Å². The highest BCUT2D eigenvalue weighted by Gasteiger charge is 2.19. The third-order valence-corrected chi connectivity index (χ3v) is 12.7. The molecule has 0 aliphatic rings. The maximum absolute atomic E-state index is 6.32. The zero-order valence-corrected chi connectivity index (χ0v) is 35.0. The van der Waals surface area contributed by atoms with E-state index >= 15 is 0 Å². The Morgan fingerprint density at radius 3 is 1.48 bits per heavy atom. The lowest BCUT2D eigenvalue weighted by molar-refractivity contribution is 0.631. The quantitative estimate of drug-likeness (QED) is 0.142. The summed E-state index contributed by atoms with van der Waals surface area (Å²) < 4.78 is 6.32. The molecule has 2 heteroatoms. The van der Waals surface area contributed by atoms with Crippen LogP contribution in [0.5, 0.6) is 0 Å². The molecule has 11 aromatic carbocycles. The van der Waals surface area contributed by atoms with E-state index in [1.807, 2.05) is 12.1 Å². The van der Waals surface area contributed by atoms with Crippen LogP contribution in [-0.2, 0) is 0 Å². The zero-order chi connectivity index (χ0) is 42.4. The predicted molar refractivity (Wildman–Crippen MR) is 271 cm³/mol. The molecule has 0 aliphatic heterocycles. The van der Waals surface area contributed by atoms with Gasteiger partial charge in [-0.2, -0.15) is 0 Å². The second kappa shape index (κ2) is 15.8. The molecule has 64 heavy (non-hydrogen) atoms. The lowest BCUT2D eigenvalue weighted by Crippen LogP contribution is -2.10. The lowest BCUT2D eigenvalue weighted by Gasteiger charge is -2.28. The minimum absolute atomic E-state index is 0.866. The molecule has 12 rings (SSSR count). The van der Waals surface area contributed by atoms with Gasteiger partial charge in [0, 0.05) is 27.7 Å². The van der Waals surface area contributed by atoms with E-state index in [1.165, 1.54) is 65.9 Å². The van der Waals surface area contributed by atoms with E-state index in [-0.39, 0.29) is 0 Å². The predicted octanol–water partition coefficient (Wildman–Crippen LogP) is 17.7. The van der Waals surface area contributed by atoms with Crippen LogP contribution < -0.4 is 4.90 Å². The summed E-state index contributed by atoms with van der Waals surface area (Å²) in [6.07, 6.45) is 0. The second-order valence-electron chi connectivity index (χ2n) is 16.4. The van der Waals surface area contributed by atoms with Gasteiger partial charge in [0.2, 0.25) is 0 Å². The Morgan fingerprint density at radius 1 is 0.266 bits per heavy atom. The summed E-state index contributed by atoms with van der Waals surface area (Å²) in [4.78, 5) is 2.41. The Morgan fingerprint density at radius 2 is 0.781 bits per heavy atom. The summed E-state index contributed by atoms with van der Waals surface area (Å²) in [5.41, 5.74) is 14.7. The van der Waals surface area contributed by atoms with Crippen molar-refractivity contribution in [3.05, 3.63) is 249 Å². The van der Waals surface area contributed by atoms with Crippen LogP contribution >= 0.6 is 0 Å². The minimum atomic E-state index is 0.866. The first kappa shape index (κ1) is 37.3. The van der Waals surface area contributed by atoms with Crippen LogP contribution in [0.1, 0.15) is 0 Å². The second-order valence-corrected chi connectivity index (χ2v) is 16.4. The molecule has 0 spiro atoms. The van der Waals surface area contributed by atoms with Gasteiger partial charge in [0.1, 0.15) is 11.3 Å². The van der Waals surface area contributed by atoms with Crippen LogP contribution in [0.15, 0.2) is 253 Å². The molecule has 1 aromatic heterocycles. The summed E-state index contributed by atoms with van der Waals surface area (Å²) >= 11 is 0. The molecule has 0 aliphatic carbocycles. The van der Waals surface area contributed by atoms with Gasteiger partial charge >= 0.3 is 0 Å². The maximum Gasteiger partial charge on any atom is 0.135 e. The third-order valence-electron chi connectivity index (χ3n) is 12.7. The zero-order valence-electron chi connectivity index (χ0n) is 35.0. The monoisotopic (exact) mass is 815 g/mol. The van der Waals surface area contributed by atoms with Crippen molar-refractivity contribution in [1.29, 1.82) is 0 Å². The van der Waals surface area contributed by atoms with Gasteiger partial charge < -0.3 is 9.32 Å². The number of furan rings is 1. The Kier molecular flexibility index (Phi) is 9.20. The molecular formula is C62H41NO. The van der Waals surface area contributed by atoms with Crippen LogP contribution in [0, 0.1) is 0 Å². The molecule has 0 fully saturated rings. The van der Waals surface area contributed by atoms with Crippen LogP contribution in [-0.4, -0.2) is 0 Å². The third kappa shape index (κ3) is 6.61. The van der Waals surface area contributed by atoms with Gasteiger partial charge in [-0.3, -0.25) is 0 Å². The standard InChI is InChI=1S/C62H41NO/c1-2-15-42(16-3-1)51-21-7-8-22-52(51)43-29-33-49(34-30-43)63(50-35-31-44(32-36-50)59-40-46-17-4-6-23-53(46)55-24-9-10-26-57(55)59)60-38-37-54(56-25-11-12-27-58(56)60)45-19-14-20-47(39-45)62-41-48-18-5-13-28-61(48)64-62/h1-41H. The van der Waals surface area contributed by atoms with Crippen LogP contribution in [0.25, 0.3) is 99.1 Å². The molecule has 0 atom stereocenters. The SMILES string of the molecule is c1ccc(-c2ccccc2-c2ccc(N(c3ccc(-c4cc5ccccc5c5ccccc45)cc3)c3ccc(-c4cccc(-c5cc6ccccc6o5)c4)c4ccccc34)cc2)cc1. The molecule has 0 unspecified atom stereocenters. The topological polar surface area (TPSA) is 16.4 Å². The lowest BCUT2D eigenvalue weighted by atomic mass is 9.93. The van der Waals surface area contributed by atoms with Gasteiger partial charge in [0.25, 0.3) is 0 Å². The fourth-order valence-corrected chi connectivity index (χ4v) is 9.60. The first-order valence-corrected chi connectivity index (χ1v) is 21.9. The Hall–Kier alpha value is -8.46. The van der Waals surface area contributed by atoms with Crippen molar-refractivity contribution < 1.29 is 4.42 Å². The van der Waals surface area contributed by atoms with Gasteiger partial charge in [0.05, 0.1) is 5.69 Å². The van der Waals surface area contributed by atoms with Crippen molar-refractivity contribution in [3.63, 3.8) is 0 Å². The summed E-state index contributed by atoms with van der Waals surface area (Å²) in [6, 6.07) is 89.7. The molecular weight excluding hydrogens is 775 g/mol. The molecule has 0 amide bonds. The summed E-state index contributed by atoms with van der Waals surface area (Å²) in [7, 11) is 0. The number of benzene rings is 11. The fourth-order valence-electron chi connectivity index (χ4n) is 9.60. The van der Waals surface area contributed by atoms with Gasteiger partial charge in [0.15, 0.2) is 0 Å². The van der Waals surface area contributed by atoms with E-state index in [1.54, 1.807) is 0 Å². The van der Waals surface area contributed by atoms with Gasteiger partial charge in [-0.05, 0) is 126 Å². The average Bonchev–Trinajstić information content (AvgIpc) is 3.82. The molecule has 0 N–H and O–H groups in total. The molecule has 0 saturated heterocycles. The van der Waals surface area contributed by atoms with Crippen LogP contribution in [0.3, 0.4) is 0 Å². The number of anilines is 3. The van der Waals surface area contributed by atoms with E-state index in [0.29, 0.717) is 0 Å². The summed E-state index contributed by atoms with van der Waals surface area (Å²) in [5.74, 6) is 0.866. The molecule has 1 heterocycles. The molecule has 300 valence electrons. The van der Waals surface area contributed by atoms with Crippen molar-refractivity contribution in [2.75, 3.05) is 4.90 Å². The highest BCUT2D eigenvalue weighted by atomic mass is 16.3. The maximum atomic E-state index is 6.32. The number of para-hydroxylation sites is 1. The number of hydrogen-bond donors (Lipinski definition) is 0. The average molecular weight is 816 g/mol. The van der Waals surface area contributed by atoms with Crippen molar-refractivity contribution in [2.45, 2.75) is 0 Å². The van der Waals surface area contributed by atoms with E-state index in [0.717, 1.165) is 50.3 Å². The van der Waals surface area contributed by atoms with Gasteiger partial charge in [-0.25, -0.2) is 0 Å². The Bertz CT molecular complexity index is 3620. The number of nitrogens with zero attached hydrogens (tertiary/aromatic N) is 1. The molecule has 0 saturated carbocycles. The summed E-state index contributed by atoms with van der Waals surface area (Å²) in [5, 5.41) is 8.48. The minimum Gasteiger partial charge on any atom is -0.456 e. The molecule has 12 aromatic rings. The van der Waals surface area contributed by atoms with E-state index in [2.05, 4.69) is 241 Å². The molecule has 0 radical (unpaired) electrons. The first-order valence-electron chi connectivity index (χ1n) is 21.9. The Balaban J connectivity index is 0.993. The van der Waals surface area contributed by atoms with E-state index in [4.69, 9.17) is 4.42 Å². The van der Waals surface area contributed by atoms with Crippen molar-refractivity contribution >= 4 is 60.3 Å². The number of hydrogen-bond acceptors (Lipinski definition) is 2. The first-order chi connectivity index (χ1) is 31.7. The highest BCUT2D eigenvalue weighted by molar-refractivity contribution is 6.14. The van der Waals surface area contributed by atoms with Gasteiger partial charge in [-0.1, -0.05) is 194 Å². The van der Waals surface area contributed by atoms with Crippen molar-refractivity contribution in [1.82, 2.24) is 0 Å². The number of rotatable bonds is 8. The Labute approximate surface area is 372 Å². The largest absolute Gasteiger partial charge is 0.456 e. The molecule has 0 bridgehead atoms. The van der Waals surface area contributed by atoms with Gasteiger partial charge in [-0.15, -0.1) is 0 Å². The smallest absolute Gasteiger partial charge is 0.135 e. The van der Waals surface area contributed by atoms with Crippen LogP contribution in [0.2, 0.25) is 0 Å². The van der Waals surface area contributed by atoms with Crippen LogP contribution in [0.4, 0.5) is 17.1 Å². The van der Waals surface area contributed by atoms with Crippen molar-refractivity contribution in [3.8, 4) is 55.8 Å². The van der Waals surface area contributed by atoms with E-state index in [9.17, 15) is 0 Å². The fraction of sp³-hybridized carbons (Fsp3) is 0. The normalized spacial score (nSPS) is 11.4. The highest BCUT2D eigenvalue weighted by Crippen LogP contribution is 2.45. The summed E-state index contributed by atoms with van der Waals surface area (Å²) in [6.45, 7) is 0.